The molecule has 6 nitrogen and oxygen atoms in total. The number of amides is 1. The summed E-state index contributed by atoms with van der Waals surface area (Å²) in [6.07, 6.45) is 11.7. The number of rotatable bonds is 3. The Bertz CT molecular complexity index is 1000. The zero-order chi connectivity index (χ0) is 19.8. The summed E-state index contributed by atoms with van der Waals surface area (Å²) in [6.45, 7) is 3.83. The van der Waals surface area contributed by atoms with Crippen LogP contribution in [-0.4, -0.2) is 51.9 Å². The summed E-state index contributed by atoms with van der Waals surface area (Å²) < 4.78 is 0. The van der Waals surface area contributed by atoms with Gasteiger partial charge in [0.05, 0.1) is 11.9 Å². The van der Waals surface area contributed by atoms with Gasteiger partial charge in [-0.05, 0) is 50.5 Å². The normalized spacial score (nSPS) is 22.8. The Balaban J connectivity index is 1.25. The van der Waals surface area contributed by atoms with Gasteiger partial charge in [0, 0.05) is 37.0 Å². The lowest BCUT2D eigenvalue weighted by molar-refractivity contribution is -0.137. The summed E-state index contributed by atoms with van der Waals surface area (Å²) in [4.78, 5) is 39.8. The number of hydrogen-bond donors (Lipinski definition) is 1. The van der Waals surface area contributed by atoms with Crippen molar-refractivity contribution in [1.82, 2.24) is 19.8 Å². The van der Waals surface area contributed by atoms with E-state index in [1.807, 2.05) is 4.90 Å². The van der Waals surface area contributed by atoms with E-state index in [9.17, 15) is 9.59 Å². The average Bonchev–Trinajstić information content (AvgIpc) is 3.13. The molecule has 2 aromatic rings. The van der Waals surface area contributed by atoms with Crippen LogP contribution in [0.5, 0.6) is 0 Å². The minimum Gasteiger partial charge on any atom is -0.340 e. The number of thiophene rings is 1. The van der Waals surface area contributed by atoms with Gasteiger partial charge in [0.1, 0.15) is 10.7 Å². The van der Waals surface area contributed by atoms with Gasteiger partial charge in [-0.15, -0.1) is 11.3 Å². The van der Waals surface area contributed by atoms with Crippen molar-refractivity contribution in [2.45, 2.75) is 51.5 Å². The molecule has 3 aliphatic rings. The molecule has 3 heterocycles. The third kappa shape index (κ3) is 3.78. The first-order valence-electron chi connectivity index (χ1n) is 10.9. The lowest BCUT2D eigenvalue weighted by Gasteiger charge is -2.36. The highest BCUT2D eigenvalue weighted by Gasteiger charge is 2.28. The molecule has 0 spiro atoms. The Kier molecular flexibility index (Phi) is 5.26. The molecule has 1 atom stereocenters. The number of allylic oxidation sites excluding steroid dienone is 2. The molecule has 0 bridgehead atoms. The SMILES string of the molecule is O=C(C1CC=CCC1)N1CCN(Cc2nc3sc4c(c3c(=O)[nH]2)CCCC4)CC1. The van der Waals surface area contributed by atoms with Crippen LogP contribution in [0.3, 0.4) is 0 Å². The van der Waals surface area contributed by atoms with Crippen LogP contribution in [0.15, 0.2) is 16.9 Å². The number of aryl methyl sites for hydroxylation is 2. The Labute approximate surface area is 174 Å². The van der Waals surface area contributed by atoms with E-state index in [4.69, 9.17) is 4.98 Å². The number of hydrogen-bond acceptors (Lipinski definition) is 5. The van der Waals surface area contributed by atoms with Crippen LogP contribution in [0.2, 0.25) is 0 Å². The van der Waals surface area contributed by atoms with Gasteiger partial charge in [0.15, 0.2) is 0 Å². The number of piperazine rings is 1. The van der Waals surface area contributed by atoms with Gasteiger partial charge < -0.3 is 9.88 Å². The van der Waals surface area contributed by atoms with Crippen molar-refractivity contribution in [2.75, 3.05) is 26.2 Å². The Morgan fingerprint density at radius 1 is 1.17 bits per heavy atom. The number of H-pyrrole nitrogens is 1. The van der Waals surface area contributed by atoms with E-state index in [1.165, 1.54) is 23.3 Å². The van der Waals surface area contributed by atoms with Crippen LogP contribution in [-0.2, 0) is 24.2 Å². The Hall–Kier alpha value is -1.99. The summed E-state index contributed by atoms with van der Waals surface area (Å²) in [5.41, 5.74) is 1.25. The highest BCUT2D eigenvalue weighted by molar-refractivity contribution is 7.18. The van der Waals surface area contributed by atoms with Crippen LogP contribution < -0.4 is 5.56 Å². The monoisotopic (exact) mass is 412 g/mol. The van der Waals surface area contributed by atoms with Crippen molar-refractivity contribution in [3.8, 4) is 0 Å². The third-order valence-corrected chi connectivity index (χ3v) is 7.74. The zero-order valence-electron chi connectivity index (χ0n) is 16.8. The Morgan fingerprint density at radius 3 is 2.79 bits per heavy atom. The van der Waals surface area contributed by atoms with E-state index >= 15 is 0 Å². The van der Waals surface area contributed by atoms with Crippen molar-refractivity contribution in [1.29, 1.82) is 0 Å². The van der Waals surface area contributed by atoms with Crippen LogP contribution in [0.1, 0.15) is 48.4 Å². The molecule has 29 heavy (non-hydrogen) atoms. The first kappa shape index (κ1) is 19.0. The molecule has 7 heteroatoms. The van der Waals surface area contributed by atoms with Gasteiger partial charge in [-0.3, -0.25) is 14.5 Å². The van der Waals surface area contributed by atoms with Crippen molar-refractivity contribution in [2.24, 2.45) is 5.92 Å². The van der Waals surface area contributed by atoms with E-state index < -0.39 is 0 Å². The second-order valence-electron chi connectivity index (χ2n) is 8.49. The molecular formula is C22H28N4O2S. The molecule has 154 valence electrons. The van der Waals surface area contributed by atoms with Crippen LogP contribution >= 0.6 is 11.3 Å². The third-order valence-electron chi connectivity index (χ3n) is 6.55. The standard InChI is InChI=1S/C22H28N4O2S/c27-20-19-16-8-4-5-9-17(16)29-21(19)24-18(23-20)14-25-10-12-26(13-11-25)22(28)15-6-2-1-3-7-15/h1-2,15H,3-14H2,(H,23,24,27). The van der Waals surface area contributed by atoms with Gasteiger partial charge >= 0.3 is 0 Å². The molecule has 2 aliphatic carbocycles. The summed E-state index contributed by atoms with van der Waals surface area (Å²) in [6, 6.07) is 0. The van der Waals surface area contributed by atoms with Gasteiger partial charge in [-0.25, -0.2) is 4.98 Å². The van der Waals surface area contributed by atoms with Gasteiger partial charge in [0.2, 0.25) is 5.91 Å². The van der Waals surface area contributed by atoms with E-state index in [-0.39, 0.29) is 11.5 Å². The van der Waals surface area contributed by atoms with Crippen molar-refractivity contribution >= 4 is 27.5 Å². The second-order valence-corrected chi connectivity index (χ2v) is 9.57. The van der Waals surface area contributed by atoms with E-state index in [0.717, 1.165) is 74.3 Å². The molecule has 1 unspecified atom stereocenters. The fourth-order valence-corrected chi connectivity index (χ4v) is 6.18. The lowest BCUT2D eigenvalue weighted by atomic mass is 9.93. The zero-order valence-corrected chi connectivity index (χ0v) is 17.6. The lowest BCUT2D eigenvalue weighted by Crippen LogP contribution is -2.50. The summed E-state index contributed by atoms with van der Waals surface area (Å²) in [5.74, 6) is 1.22. The molecule has 1 fully saturated rings. The van der Waals surface area contributed by atoms with Crippen LogP contribution in [0.4, 0.5) is 0 Å². The number of carbonyl (C=O) groups excluding carboxylic acids is 1. The van der Waals surface area contributed by atoms with E-state index in [2.05, 4.69) is 22.0 Å². The van der Waals surface area contributed by atoms with Gasteiger partial charge in [-0.1, -0.05) is 12.2 Å². The smallest absolute Gasteiger partial charge is 0.259 e. The number of nitrogens with one attached hydrogen (secondary N) is 1. The second kappa shape index (κ2) is 8.03. The maximum atomic E-state index is 12.7. The molecule has 0 aromatic carbocycles. The number of carbonyl (C=O) groups is 1. The number of aromatic amines is 1. The summed E-state index contributed by atoms with van der Waals surface area (Å²) in [7, 11) is 0. The highest BCUT2D eigenvalue weighted by Crippen LogP contribution is 2.33. The maximum Gasteiger partial charge on any atom is 0.259 e. The Morgan fingerprint density at radius 2 is 2.00 bits per heavy atom. The van der Waals surface area contributed by atoms with Crippen molar-refractivity contribution < 1.29 is 4.79 Å². The van der Waals surface area contributed by atoms with Gasteiger partial charge in [0.25, 0.3) is 5.56 Å². The van der Waals surface area contributed by atoms with E-state index in [1.54, 1.807) is 11.3 Å². The minimum atomic E-state index is 0.0172. The molecule has 5 rings (SSSR count). The molecule has 2 aromatic heterocycles. The number of aromatic nitrogens is 2. The molecule has 1 N–H and O–H groups in total. The van der Waals surface area contributed by atoms with Crippen molar-refractivity contribution in [3.05, 3.63) is 38.8 Å². The molecule has 1 saturated heterocycles. The fourth-order valence-electron chi connectivity index (χ4n) is 4.90. The largest absolute Gasteiger partial charge is 0.340 e. The summed E-state index contributed by atoms with van der Waals surface area (Å²) in [5, 5.41) is 0.824. The quantitative estimate of drug-likeness (QED) is 0.787. The number of nitrogens with zero attached hydrogens (tertiary/aromatic N) is 3. The van der Waals surface area contributed by atoms with Crippen molar-refractivity contribution in [3.63, 3.8) is 0 Å². The fraction of sp³-hybridized carbons (Fsp3) is 0.591. The number of fused-ring (bicyclic) bond motifs is 3. The molecule has 0 saturated carbocycles. The topological polar surface area (TPSA) is 69.3 Å². The summed E-state index contributed by atoms with van der Waals surface area (Å²) >= 11 is 1.70. The van der Waals surface area contributed by atoms with Crippen LogP contribution in [0.25, 0.3) is 10.2 Å². The van der Waals surface area contributed by atoms with E-state index in [0.29, 0.717) is 12.5 Å². The predicted molar refractivity (Wildman–Crippen MR) is 115 cm³/mol. The van der Waals surface area contributed by atoms with Gasteiger partial charge in [-0.2, -0.15) is 0 Å². The minimum absolute atomic E-state index is 0.0172. The van der Waals surface area contributed by atoms with Crippen LogP contribution in [0, 0.1) is 5.92 Å². The average molecular weight is 413 g/mol. The molecule has 1 aliphatic heterocycles. The molecular weight excluding hydrogens is 384 g/mol. The molecule has 0 radical (unpaired) electrons. The first-order chi connectivity index (χ1) is 14.2. The first-order valence-corrected chi connectivity index (χ1v) is 11.7. The predicted octanol–water partition coefficient (Wildman–Crippen LogP) is 2.86. The highest BCUT2D eigenvalue weighted by atomic mass is 32.1. The maximum absolute atomic E-state index is 12.7. The molecule has 1 amide bonds.